The predicted molar refractivity (Wildman–Crippen MR) is 90.3 cm³/mol. The molecule has 0 aromatic heterocycles. The number of aliphatic hydroxyl groups is 1. The number of rotatable bonds is 7. The van der Waals surface area contributed by atoms with Crippen molar-refractivity contribution >= 4 is 5.91 Å². The number of benzene rings is 1. The standard InChI is InChI=1S/C18H28N2O3/c1-14-7-9-20(10-8-14)12-16(21)11-19-18(22)17-6-4-3-5-15(17)13-23-2/h3-6,14,16,21H,7-13H2,1-2H3,(H,19,22). The molecule has 0 bridgehead atoms. The predicted octanol–water partition coefficient (Wildman–Crippen LogP) is 1.66. The lowest BCUT2D eigenvalue weighted by Gasteiger charge is -2.31. The number of hydrogen-bond donors (Lipinski definition) is 2. The zero-order valence-electron chi connectivity index (χ0n) is 14.1. The molecule has 0 radical (unpaired) electrons. The number of nitrogens with zero attached hydrogens (tertiary/aromatic N) is 1. The normalized spacial score (nSPS) is 17.9. The van der Waals surface area contributed by atoms with Crippen LogP contribution in [0.5, 0.6) is 0 Å². The lowest BCUT2D eigenvalue weighted by molar-refractivity contribution is 0.0793. The second-order valence-corrected chi connectivity index (χ2v) is 6.44. The number of hydrogen-bond acceptors (Lipinski definition) is 4. The van der Waals surface area contributed by atoms with E-state index in [1.807, 2.05) is 18.2 Å². The summed E-state index contributed by atoms with van der Waals surface area (Å²) in [6.07, 6.45) is 1.83. The van der Waals surface area contributed by atoms with E-state index in [0.717, 1.165) is 24.6 Å². The van der Waals surface area contributed by atoms with Crippen LogP contribution in [0.25, 0.3) is 0 Å². The summed E-state index contributed by atoms with van der Waals surface area (Å²) in [5.74, 6) is 0.615. The molecule has 1 heterocycles. The SMILES string of the molecule is COCc1ccccc1C(=O)NCC(O)CN1CCC(C)CC1. The van der Waals surface area contributed by atoms with Crippen LogP contribution >= 0.6 is 0 Å². The highest BCUT2D eigenvalue weighted by molar-refractivity contribution is 5.95. The van der Waals surface area contributed by atoms with Crippen LogP contribution in [-0.4, -0.2) is 55.3 Å². The Morgan fingerprint density at radius 3 is 2.78 bits per heavy atom. The Balaban J connectivity index is 1.79. The zero-order valence-corrected chi connectivity index (χ0v) is 14.1. The number of methoxy groups -OCH3 is 1. The van der Waals surface area contributed by atoms with Crippen LogP contribution in [0.2, 0.25) is 0 Å². The van der Waals surface area contributed by atoms with Crippen LogP contribution in [0.4, 0.5) is 0 Å². The number of carbonyl (C=O) groups excluding carboxylic acids is 1. The molecule has 0 saturated carbocycles. The molecule has 1 saturated heterocycles. The fourth-order valence-electron chi connectivity index (χ4n) is 2.94. The van der Waals surface area contributed by atoms with E-state index in [9.17, 15) is 9.90 Å². The summed E-state index contributed by atoms with van der Waals surface area (Å²) in [4.78, 5) is 14.6. The van der Waals surface area contributed by atoms with Gasteiger partial charge in [0.05, 0.1) is 12.7 Å². The second kappa shape index (κ2) is 9.01. The summed E-state index contributed by atoms with van der Waals surface area (Å²) in [6.45, 7) is 5.62. The van der Waals surface area contributed by atoms with Gasteiger partial charge in [-0.3, -0.25) is 4.79 Å². The van der Waals surface area contributed by atoms with Crippen LogP contribution in [0.15, 0.2) is 24.3 Å². The number of aliphatic hydroxyl groups excluding tert-OH is 1. The van der Waals surface area contributed by atoms with Gasteiger partial charge in [-0.1, -0.05) is 25.1 Å². The maximum absolute atomic E-state index is 12.3. The molecule has 0 spiro atoms. The van der Waals surface area contributed by atoms with Crippen molar-refractivity contribution < 1.29 is 14.6 Å². The molecule has 1 aromatic rings. The molecule has 1 aliphatic heterocycles. The minimum atomic E-state index is -0.540. The third kappa shape index (κ3) is 5.61. The number of likely N-dealkylation sites (tertiary alicyclic amines) is 1. The van der Waals surface area contributed by atoms with E-state index in [1.54, 1.807) is 13.2 Å². The van der Waals surface area contributed by atoms with E-state index in [0.29, 0.717) is 18.7 Å². The molecule has 5 heteroatoms. The van der Waals surface area contributed by atoms with Crippen LogP contribution < -0.4 is 5.32 Å². The quantitative estimate of drug-likeness (QED) is 0.802. The van der Waals surface area contributed by atoms with Gasteiger partial charge >= 0.3 is 0 Å². The van der Waals surface area contributed by atoms with Crippen molar-refractivity contribution in [2.45, 2.75) is 32.5 Å². The maximum atomic E-state index is 12.3. The highest BCUT2D eigenvalue weighted by Gasteiger charge is 2.19. The number of ether oxygens (including phenoxy) is 1. The number of nitrogens with one attached hydrogen (secondary N) is 1. The Hall–Kier alpha value is -1.43. The number of carbonyl (C=O) groups is 1. The van der Waals surface area contributed by atoms with Crippen molar-refractivity contribution in [3.8, 4) is 0 Å². The molecule has 1 amide bonds. The number of amides is 1. The average Bonchev–Trinajstić information content (AvgIpc) is 2.56. The minimum Gasteiger partial charge on any atom is -0.390 e. The van der Waals surface area contributed by atoms with Gasteiger partial charge in [-0.2, -0.15) is 0 Å². The van der Waals surface area contributed by atoms with Gasteiger partial charge < -0.3 is 20.1 Å². The van der Waals surface area contributed by atoms with Crippen LogP contribution in [0.1, 0.15) is 35.7 Å². The summed E-state index contributed by atoms with van der Waals surface area (Å²) in [7, 11) is 1.61. The molecule has 2 N–H and O–H groups in total. The molecule has 2 rings (SSSR count). The van der Waals surface area contributed by atoms with E-state index in [4.69, 9.17) is 4.74 Å². The van der Waals surface area contributed by atoms with E-state index >= 15 is 0 Å². The van der Waals surface area contributed by atoms with Crippen molar-refractivity contribution in [3.63, 3.8) is 0 Å². The van der Waals surface area contributed by atoms with Crippen molar-refractivity contribution in [1.29, 1.82) is 0 Å². The van der Waals surface area contributed by atoms with Gasteiger partial charge in [0.25, 0.3) is 5.91 Å². The van der Waals surface area contributed by atoms with Gasteiger partial charge in [0.1, 0.15) is 0 Å². The molecular formula is C18H28N2O3. The summed E-state index contributed by atoms with van der Waals surface area (Å²) in [6, 6.07) is 7.38. The lowest BCUT2D eigenvalue weighted by Crippen LogP contribution is -2.43. The fourth-order valence-corrected chi connectivity index (χ4v) is 2.94. The summed E-state index contributed by atoms with van der Waals surface area (Å²) in [5.41, 5.74) is 1.46. The smallest absolute Gasteiger partial charge is 0.251 e. The van der Waals surface area contributed by atoms with Crippen molar-refractivity contribution in [3.05, 3.63) is 35.4 Å². The number of piperidine rings is 1. The fraction of sp³-hybridized carbons (Fsp3) is 0.611. The van der Waals surface area contributed by atoms with E-state index in [1.165, 1.54) is 12.8 Å². The first-order valence-corrected chi connectivity index (χ1v) is 8.35. The average molecular weight is 320 g/mol. The molecule has 1 fully saturated rings. The third-order valence-corrected chi connectivity index (χ3v) is 4.41. The van der Waals surface area contributed by atoms with Crippen LogP contribution in [0, 0.1) is 5.92 Å². The molecule has 5 nitrogen and oxygen atoms in total. The van der Waals surface area contributed by atoms with Crippen LogP contribution in [-0.2, 0) is 11.3 Å². The molecule has 1 unspecified atom stereocenters. The number of β-amino-alcohol motifs (C(OH)–C–C–N with tert-alkyl or cyclic N) is 1. The van der Waals surface area contributed by atoms with Gasteiger partial charge in [0, 0.05) is 25.8 Å². The van der Waals surface area contributed by atoms with Crippen molar-refractivity contribution in [2.75, 3.05) is 33.3 Å². The maximum Gasteiger partial charge on any atom is 0.251 e. The van der Waals surface area contributed by atoms with Gasteiger partial charge in [0.2, 0.25) is 0 Å². The van der Waals surface area contributed by atoms with Crippen molar-refractivity contribution in [1.82, 2.24) is 10.2 Å². The first-order valence-electron chi connectivity index (χ1n) is 8.35. The molecule has 23 heavy (non-hydrogen) atoms. The first-order chi connectivity index (χ1) is 11.1. The Bertz CT molecular complexity index is 499. The molecule has 0 aliphatic carbocycles. The van der Waals surface area contributed by atoms with Gasteiger partial charge in [0.15, 0.2) is 0 Å². The highest BCUT2D eigenvalue weighted by Crippen LogP contribution is 2.16. The Morgan fingerprint density at radius 1 is 1.39 bits per heavy atom. The second-order valence-electron chi connectivity index (χ2n) is 6.44. The Morgan fingerprint density at radius 2 is 2.09 bits per heavy atom. The monoisotopic (exact) mass is 320 g/mol. The first kappa shape index (κ1) is 17.9. The molecule has 1 aromatic carbocycles. The summed E-state index contributed by atoms with van der Waals surface area (Å²) >= 11 is 0. The highest BCUT2D eigenvalue weighted by atomic mass is 16.5. The van der Waals surface area contributed by atoms with Gasteiger partial charge in [-0.05, 0) is 43.5 Å². The Kier molecular flexibility index (Phi) is 7.02. The minimum absolute atomic E-state index is 0.163. The molecular weight excluding hydrogens is 292 g/mol. The van der Waals surface area contributed by atoms with Gasteiger partial charge in [-0.15, -0.1) is 0 Å². The van der Waals surface area contributed by atoms with Crippen molar-refractivity contribution in [2.24, 2.45) is 5.92 Å². The third-order valence-electron chi connectivity index (χ3n) is 4.41. The zero-order chi connectivity index (χ0) is 16.7. The largest absolute Gasteiger partial charge is 0.390 e. The van der Waals surface area contributed by atoms with E-state index < -0.39 is 6.10 Å². The molecule has 128 valence electrons. The lowest BCUT2D eigenvalue weighted by atomic mass is 9.99. The van der Waals surface area contributed by atoms with E-state index in [2.05, 4.69) is 17.1 Å². The van der Waals surface area contributed by atoms with Crippen LogP contribution in [0.3, 0.4) is 0 Å². The molecule has 1 atom stereocenters. The topological polar surface area (TPSA) is 61.8 Å². The van der Waals surface area contributed by atoms with E-state index in [-0.39, 0.29) is 12.5 Å². The van der Waals surface area contributed by atoms with Gasteiger partial charge in [-0.25, -0.2) is 0 Å². The molecule has 1 aliphatic rings. The summed E-state index contributed by atoms with van der Waals surface area (Å²) < 4.78 is 5.12. The Labute approximate surface area is 138 Å². The summed E-state index contributed by atoms with van der Waals surface area (Å²) in [5, 5.41) is 13.0.